The Labute approximate surface area is 208 Å². The lowest BCUT2D eigenvalue weighted by Gasteiger charge is -2.43. The van der Waals surface area contributed by atoms with Crippen molar-refractivity contribution in [3.05, 3.63) is 65.5 Å². The molecule has 0 amide bonds. The molecule has 0 spiro atoms. The van der Waals surface area contributed by atoms with Gasteiger partial charge in [-0.3, -0.25) is 14.6 Å². The Kier molecular flexibility index (Phi) is 8.61. The molecule has 1 aliphatic heterocycles. The fourth-order valence-corrected chi connectivity index (χ4v) is 6.40. The van der Waals surface area contributed by atoms with Gasteiger partial charge < -0.3 is 4.74 Å². The van der Waals surface area contributed by atoms with Crippen molar-refractivity contribution in [2.24, 2.45) is 17.8 Å². The number of hydrogen-bond acceptors (Lipinski definition) is 6. The van der Waals surface area contributed by atoms with E-state index in [1.165, 1.54) is 11.2 Å². The van der Waals surface area contributed by atoms with Crippen molar-refractivity contribution in [3.8, 4) is 0 Å². The van der Waals surface area contributed by atoms with Gasteiger partial charge in [-0.05, 0) is 70.4 Å². The summed E-state index contributed by atoms with van der Waals surface area (Å²) in [5.74, 6) is -1.91. The van der Waals surface area contributed by atoms with Gasteiger partial charge in [-0.15, -0.1) is 0 Å². The number of piperidine rings is 1. The predicted molar refractivity (Wildman–Crippen MR) is 135 cm³/mol. The predicted octanol–water partition coefficient (Wildman–Crippen LogP) is 4.28. The molecule has 1 saturated heterocycles. The van der Waals surface area contributed by atoms with Crippen LogP contribution in [0, 0.1) is 24.7 Å². The minimum absolute atomic E-state index is 0.0234. The average Bonchev–Trinajstić information content (AvgIpc) is 2.83. The quantitative estimate of drug-likeness (QED) is 0.505. The Morgan fingerprint density at radius 2 is 1.74 bits per heavy atom. The molecule has 0 unspecified atom stereocenters. The molecule has 8 heteroatoms. The van der Waals surface area contributed by atoms with E-state index in [2.05, 4.69) is 4.98 Å². The van der Waals surface area contributed by atoms with E-state index in [9.17, 15) is 18.0 Å². The fraction of sp³-hybridized carbons (Fsp3) is 0.444. The molecule has 3 rings (SSSR count). The lowest BCUT2D eigenvalue weighted by molar-refractivity contribution is -0.145. The summed E-state index contributed by atoms with van der Waals surface area (Å²) in [7, 11) is -3.83. The van der Waals surface area contributed by atoms with Gasteiger partial charge in [0.1, 0.15) is 5.78 Å². The molecule has 2 heterocycles. The number of sulfonamides is 1. The van der Waals surface area contributed by atoms with E-state index in [1.54, 1.807) is 37.4 Å². The van der Waals surface area contributed by atoms with Crippen LogP contribution in [0.3, 0.4) is 0 Å². The molecule has 0 bridgehead atoms. The fourth-order valence-electron chi connectivity index (χ4n) is 4.88. The van der Waals surface area contributed by atoms with Gasteiger partial charge in [0.2, 0.25) is 10.0 Å². The molecule has 0 radical (unpaired) electrons. The maximum absolute atomic E-state index is 13.6. The van der Waals surface area contributed by atoms with Crippen molar-refractivity contribution < 1.29 is 22.7 Å². The Hall–Kier alpha value is -2.84. The van der Waals surface area contributed by atoms with Crippen LogP contribution in [0.1, 0.15) is 45.4 Å². The Morgan fingerprint density at radius 1 is 1.06 bits per heavy atom. The highest BCUT2D eigenvalue weighted by Gasteiger charge is 2.45. The number of hydrogen-bond donors (Lipinski definition) is 0. The molecule has 3 atom stereocenters. The summed E-state index contributed by atoms with van der Waals surface area (Å²) in [6, 6.07) is 12.3. The third-order valence-corrected chi connectivity index (χ3v) is 8.68. The molecular weight excluding hydrogens is 464 g/mol. The molecule has 0 saturated carbocycles. The summed E-state index contributed by atoms with van der Waals surface area (Å²) in [5.41, 5.74) is 3.52. The van der Waals surface area contributed by atoms with Gasteiger partial charge in [0, 0.05) is 31.1 Å². The standard InChI is InChI=1S/C27H34N2O5S/c1-6-34-26(31)15-22-16-29(35(32,33)23-12-10-18(2)11-13-23)17-24(27(22)21(5)30)19(3)20(4)25-9-7-8-14-28-25/h7-14,22,24,27H,6,15-17H2,1-5H3/b20-19-/t22-,24+,27-/m0/s1. The summed E-state index contributed by atoms with van der Waals surface area (Å²) in [6.45, 7) is 9.44. The summed E-state index contributed by atoms with van der Waals surface area (Å²) in [5, 5.41) is 0. The van der Waals surface area contributed by atoms with E-state index >= 15 is 0 Å². The Morgan fingerprint density at radius 3 is 2.31 bits per heavy atom. The van der Waals surface area contributed by atoms with E-state index < -0.39 is 33.7 Å². The second kappa shape index (κ2) is 11.3. The average molecular weight is 499 g/mol. The van der Waals surface area contributed by atoms with Crippen molar-refractivity contribution in [3.63, 3.8) is 0 Å². The van der Waals surface area contributed by atoms with E-state index in [1.807, 2.05) is 39.0 Å². The first-order valence-corrected chi connectivity index (χ1v) is 13.3. The molecule has 1 fully saturated rings. The number of ether oxygens (including phenoxy) is 1. The first kappa shape index (κ1) is 26.8. The molecule has 1 aromatic carbocycles. The number of carbonyl (C=O) groups is 2. The Balaban J connectivity index is 2.08. The van der Waals surface area contributed by atoms with E-state index in [-0.39, 0.29) is 36.8 Å². The highest BCUT2D eigenvalue weighted by atomic mass is 32.2. The number of ketones is 1. The van der Waals surface area contributed by atoms with Crippen LogP contribution in [0.4, 0.5) is 0 Å². The van der Waals surface area contributed by atoms with Gasteiger partial charge in [-0.1, -0.05) is 29.3 Å². The van der Waals surface area contributed by atoms with Crippen LogP contribution in [0.15, 0.2) is 59.1 Å². The van der Waals surface area contributed by atoms with Crippen LogP contribution in [0.25, 0.3) is 5.57 Å². The van der Waals surface area contributed by atoms with Gasteiger partial charge in [-0.25, -0.2) is 8.42 Å². The minimum Gasteiger partial charge on any atom is -0.466 e. The molecular formula is C27H34N2O5S. The van der Waals surface area contributed by atoms with Gasteiger partial charge >= 0.3 is 5.97 Å². The zero-order valence-electron chi connectivity index (χ0n) is 21.0. The Bertz CT molecular complexity index is 1190. The highest BCUT2D eigenvalue weighted by molar-refractivity contribution is 7.89. The highest BCUT2D eigenvalue weighted by Crippen LogP contribution is 2.40. The number of aryl methyl sites for hydroxylation is 1. The van der Waals surface area contributed by atoms with Gasteiger partial charge in [-0.2, -0.15) is 4.31 Å². The third-order valence-electron chi connectivity index (χ3n) is 6.84. The van der Waals surface area contributed by atoms with Crippen LogP contribution >= 0.6 is 0 Å². The normalized spacial score (nSPS) is 21.8. The topological polar surface area (TPSA) is 93.6 Å². The monoisotopic (exact) mass is 498 g/mol. The zero-order chi connectivity index (χ0) is 25.8. The second-order valence-corrected chi connectivity index (χ2v) is 11.1. The number of benzene rings is 1. The van der Waals surface area contributed by atoms with Crippen LogP contribution in [0.5, 0.6) is 0 Å². The number of allylic oxidation sites excluding steroid dienone is 1. The summed E-state index contributed by atoms with van der Waals surface area (Å²) in [4.78, 5) is 30.0. The van der Waals surface area contributed by atoms with Crippen LogP contribution in [-0.2, 0) is 24.3 Å². The third kappa shape index (κ3) is 6.05. The molecule has 35 heavy (non-hydrogen) atoms. The molecule has 0 N–H and O–H groups in total. The van der Waals surface area contributed by atoms with Gasteiger partial charge in [0.15, 0.2) is 0 Å². The first-order chi connectivity index (χ1) is 16.6. The number of pyridine rings is 1. The molecule has 188 valence electrons. The number of nitrogens with zero attached hydrogens (tertiary/aromatic N) is 2. The SMILES string of the molecule is CCOC(=O)C[C@H]1CN(S(=O)(=O)c2ccc(C)cc2)C[C@H](/C(C)=C(/C)c2ccccn2)[C@H]1C(C)=O. The zero-order valence-corrected chi connectivity index (χ0v) is 21.8. The van der Waals surface area contributed by atoms with Gasteiger partial charge in [0.05, 0.1) is 23.6 Å². The molecule has 0 aliphatic carbocycles. The number of esters is 1. The van der Waals surface area contributed by atoms with Crippen molar-refractivity contribution >= 4 is 27.3 Å². The maximum Gasteiger partial charge on any atom is 0.306 e. The molecule has 1 aromatic heterocycles. The van der Waals surface area contributed by atoms with E-state index in [4.69, 9.17) is 4.74 Å². The number of Topliss-reactive ketones (excluding diaryl/α,β-unsaturated/α-hetero) is 1. The van der Waals surface area contributed by atoms with Crippen molar-refractivity contribution in [1.29, 1.82) is 0 Å². The number of rotatable bonds is 8. The summed E-state index contributed by atoms with van der Waals surface area (Å²) >= 11 is 0. The minimum atomic E-state index is -3.83. The van der Waals surface area contributed by atoms with Gasteiger partial charge in [0.25, 0.3) is 0 Å². The molecule has 1 aliphatic rings. The first-order valence-electron chi connectivity index (χ1n) is 11.9. The molecule has 7 nitrogen and oxygen atoms in total. The lowest BCUT2D eigenvalue weighted by atomic mass is 9.71. The largest absolute Gasteiger partial charge is 0.466 e. The van der Waals surface area contributed by atoms with Crippen molar-refractivity contribution in [2.75, 3.05) is 19.7 Å². The van der Waals surface area contributed by atoms with Crippen molar-refractivity contribution in [1.82, 2.24) is 9.29 Å². The van der Waals surface area contributed by atoms with Crippen LogP contribution in [0.2, 0.25) is 0 Å². The van der Waals surface area contributed by atoms with Crippen molar-refractivity contribution in [2.45, 2.75) is 45.9 Å². The second-order valence-electron chi connectivity index (χ2n) is 9.17. The van der Waals surface area contributed by atoms with E-state index in [0.29, 0.717) is 0 Å². The van der Waals surface area contributed by atoms with E-state index in [0.717, 1.165) is 22.4 Å². The number of carbonyl (C=O) groups excluding carboxylic acids is 2. The summed E-state index contributed by atoms with van der Waals surface area (Å²) < 4.78 is 33.9. The number of aromatic nitrogens is 1. The van der Waals surface area contributed by atoms with Crippen LogP contribution in [-0.4, -0.2) is 49.2 Å². The smallest absolute Gasteiger partial charge is 0.306 e. The summed E-state index contributed by atoms with van der Waals surface area (Å²) in [6.07, 6.45) is 1.68. The molecule has 2 aromatic rings. The lowest BCUT2D eigenvalue weighted by Crippen LogP contribution is -2.51. The van der Waals surface area contributed by atoms with Crippen LogP contribution < -0.4 is 0 Å². The maximum atomic E-state index is 13.6.